The number of nitrogens with zero attached hydrogens (tertiary/aromatic N) is 3. The summed E-state index contributed by atoms with van der Waals surface area (Å²) in [6.45, 7) is 0. The first kappa shape index (κ1) is 9.06. The number of aromatic nitrogens is 3. The van der Waals surface area contributed by atoms with Crippen LogP contribution in [0.25, 0.3) is 15.9 Å². The van der Waals surface area contributed by atoms with E-state index < -0.39 is 0 Å². The highest BCUT2D eigenvalue weighted by atomic mass is 79.9. The summed E-state index contributed by atoms with van der Waals surface area (Å²) in [5.74, 6) is 0. The van der Waals surface area contributed by atoms with Gasteiger partial charge in [0.2, 0.25) is 0 Å². The van der Waals surface area contributed by atoms with Crippen molar-refractivity contribution in [3.8, 4) is 5.69 Å². The first-order valence-electron chi connectivity index (χ1n) is 4.39. The summed E-state index contributed by atoms with van der Waals surface area (Å²) in [5.41, 5.74) is 2.03. The molecule has 3 rings (SSSR count). The van der Waals surface area contributed by atoms with E-state index in [1.54, 1.807) is 17.5 Å². The van der Waals surface area contributed by atoms with E-state index in [0.29, 0.717) is 0 Å². The van der Waals surface area contributed by atoms with Gasteiger partial charge in [0.1, 0.15) is 0 Å². The molecular formula is C10H6BrN3S. The van der Waals surface area contributed by atoms with Crippen molar-refractivity contribution in [3.05, 3.63) is 40.6 Å². The lowest BCUT2D eigenvalue weighted by Crippen LogP contribution is -1.92. The van der Waals surface area contributed by atoms with E-state index in [4.69, 9.17) is 0 Å². The average molecular weight is 280 g/mol. The number of benzene rings is 1. The van der Waals surface area contributed by atoms with Gasteiger partial charge in [-0.2, -0.15) is 5.10 Å². The summed E-state index contributed by atoms with van der Waals surface area (Å²) in [6, 6.07) is 8.04. The molecule has 0 bridgehead atoms. The van der Waals surface area contributed by atoms with Crippen molar-refractivity contribution in [2.24, 2.45) is 0 Å². The molecule has 2 aromatic heterocycles. The minimum absolute atomic E-state index is 0.912. The fourth-order valence-electron chi connectivity index (χ4n) is 1.45. The van der Waals surface area contributed by atoms with Crippen LogP contribution in [0.2, 0.25) is 0 Å². The van der Waals surface area contributed by atoms with Crippen LogP contribution in [0.1, 0.15) is 0 Å². The van der Waals surface area contributed by atoms with E-state index >= 15 is 0 Å². The molecule has 0 saturated heterocycles. The van der Waals surface area contributed by atoms with Crippen LogP contribution in [0.5, 0.6) is 0 Å². The molecule has 0 radical (unpaired) electrons. The summed E-state index contributed by atoms with van der Waals surface area (Å²) in [4.78, 5) is 4.38. The molecule has 5 heteroatoms. The molecule has 0 atom stereocenters. The minimum atomic E-state index is 0.912. The van der Waals surface area contributed by atoms with Gasteiger partial charge in [-0.05, 0) is 40.2 Å². The van der Waals surface area contributed by atoms with Gasteiger partial charge in [0, 0.05) is 12.4 Å². The zero-order chi connectivity index (χ0) is 10.3. The molecule has 0 fully saturated rings. The Morgan fingerprint density at radius 3 is 3.07 bits per heavy atom. The van der Waals surface area contributed by atoms with Crippen LogP contribution in [0, 0.1) is 0 Å². The highest BCUT2D eigenvalue weighted by Crippen LogP contribution is 2.27. The maximum absolute atomic E-state index is 4.38. The zero-order valence-corrected chi connectivity index (χ0v) is 9.99. The number of rotatable bonds is 1. The molecule has 1 aromatic carbocycles. The first-order chi connectivity index (χ1) is 7.33. The van der Waals surface area contributed by atoms with Gasteiger partial charge in [-0.1, -0.05) is 0 Å². The van der Waals surface area contributed by atoms with Gasteiger partial charge in [-0.15, -0.1) is 11.3 Å². The topological polar surface area (TPSA) is 30.7 Å². The van der Waals surface area contributed by atoms with Gasteiger partial charge < -0.3 is 0 Å². The predicted octanol–water partition coefficient (Wildman–Crippen LogP) is 3.24. The average Bonchev–Trinajstić information content (AvgIpc) is 2.82. The van der Waals surface area contributed by atoms with Crippen molar-refractivity contribution in [1.29, 1.82) is 0 Å². The predicted molar refractivity (Wildman–Crippen MR) is 64.4 cm³/mol. The summed E-state index contributed by atoms with van der Waals surface area (Å²) in [6.07, 6.45) is 3.68. The lowest BCUT2D eigenvalue weighted by molar-refractivity contribution is 0.882. The van der Waals surface area contributed by atoms with Gasteiger partial charge in [-0.25, -0.2) is 9.67 Å². The van der Waals surface area contributed by atoms with E-state index in [9.17, 15) is 0 Å². The standard InChI is InChI=1S/C10H6BrN3S/c11-10-13-8-6-7(2-3-9(8)15-10)14-5-1-4-12-14/h1-6H. The van der Waals surface area contributed by atoms with Gasteiger partial charge in [-0.3, -0.25) is 0 Å². The fraction of sp³-hybridized carbons (Fsp3) is 0. The summed E-state index contributed by atoms with van der Waals surface area (Å²) < 4.78 is 3.92. The number of thiazole rings is 1. The molecule has 3 nitrogen and oxygen atoms in total. The van der Waals surface area contributed by atoms with Crippen LogP contribution in [0.3, 0.4) is 0 Å². The lowest BCUT2D eigenvalue weighted by Gasteiger charge is -1.99. The van der Waals surface area contributed by atoms with E-state index in [1.807, 2.05) is 29.1 Å². The third kappa shape index (κ3) is 1.57. The minimum Gasteiger partial charge on any atom is -0.241 e. The van der Waals surface area contributed by atoms with Crippen LogP contribution in [0.4, 0.5) is 0 Å². The highest BCUT2D eigenvalue weighted by molar-refractivity contribution is 9.11. The van der Waals surface area contributed by atoms with E-state index in [-0.39, 0.29) is 0 Å². The molecule has 74 valence electrons. The smallest absolute Gasteiger partial charge is 0.160 e. The molecule has 15 heavy (non-hydrogen) atoms. The van der Waals surface area contributed by atoms with Gasteiger partial charge in [0.25, 0.3) is 0 Å². The van der Waals surface area contributed by atoms with Crippen LogP contribution < -0.4 is 0 Å². The third-order valence-corrected chi connectivity index (χ3v) is 3.60. The SMILES string of the molecule is Brc1nc2cc(-n3cccn3)ccc2s1. The van der Waals surface area contributed by atoms with Crippen LogP contribution >= 0.6 is 27.3 Å². The van der Waals surface area contributed by atoms with Gasteiger partial charge >= 0.3 is 0 Å². The Labute approximate surface area is 98.5 Å². The Morgan fingerprint density at radius 2 is 2.27 bits per heavy atom. The van der Waals surface area contributed by atoms with Crippen molar-refractivity contribution in [3.63, 3.8) is 0 Å². The molecule has 2 heterocycles. The largest absolute Gasteiger partial charge is 0.241 e. The molecule has 0 aliphatic heterocycles. The number of hydrogen-bond donors (Lipinski definition) is 0. The van der Waals surface area contributed by atoms with E-state index in [1.165, 1.54) is 4.70 Å². The fourth-order valence-corrected chi connectivity index (χ4v) is 2.84. The number of hydrogen-bond acceptors (Lipinski definition) is 3. The quantitative estimate of drug-likeness (QED) is 0.685. The normalized spacial score (nSPS) is 11.0. The molecule has 0 saturated carbocycles. The molecule has 0 spiro atoms. The molecule has 0 aliphatic rings. The Hall–Kier alpha value is -1.20. The van der Waals surface area contributed by atoms with Crippen LogP contribution in [-0.4, -0.2) is 14.8 Å². The van der Waals surface area contributed by atoms with Crippen molar-refractivity contribution < 1.29 is 0 Å². The zero-order valence-electron chi connectivity index (χ0n) is 7.59. The molecule has 0 unspecified atom stereocenters. The van der Waals surface area contributed by atoms with Crippen molar-refractivity contribution in [2.45, 2.75) is 0 Å². The maximum Gasteiger partial charge on any atom is 0.160 e. The lowest BCUT2D eigenvalue weighted by atomic mass is 10.3. The molecule has 3 aromatic rings. The Bertz CT molecular complexity index is 600. The van der Waals surface area contributed by atoms with Crippen molar-refractivity contribution in [1.82, 2.24) is 14.8 Å². The second-order valence-electron chi connectivity index (χ2n) is 3.07. The number of halogens is 1. The second-order valence-corrected chi connectivity index (χ2v) is 5.38. The van der Waals surface area contributed by atoms with Crippen molar-refractivity contribution >= 4 is 37.5 Å². The summed E-state index contributed by atoms with van der Waals surface area (Å²) >= 11 is 5.02. The molecule has 0 N–H and O–H groups in total. The monoisotopic (exact) mass is 279 g/mol. The molecular weight excluding hydrogens is 274 g/mol. The first-order valence-corrected chi connectivity index (χ1v) is 6.00. The molecule has 0 aliphatic carbocycles. The Morgan fingerprint density at radius 1 is 1.33 bits per heavy atom. The van der Waals surface area contributed by atoms with Crippen LogP contribution in [0.15, 0.2) is 40.6 Å². The van der Waals surface area contributed by atoms with E-state index in [0.717, 1.165) is 15.1 Å². The third-order valence-electron chi connectivity index (χ3n) is 2.11. The second kappa shape index (κ2) is 3.43. The number of fused-ring (bicyclic) bond motifs is 1. The Balaban J connectivity index is 2.21. The van der Waals surface area contributed by atoms with E-state index in [2.05, 4.69) is 32.1 Å². The summed E-state index contributed by atoms with van der Waals surface area (Å²) in [7, 11) is 0. The maximum atomic E-state index is 4.38. The van der Waals surface area contributed by atoms with Crippen molar-refractivity contribution in [2.75, 3.05) is 0 Å². The Kier molecular flexibility index (Phi) is 2.07. The molecule has 0 amide bonds. The van der Waals surface area contributed by atoms with Crippen LogP contribution in [-0.2, 0) is 0 Å². The van der Waals surface area contributed by atoms with Gasteiger partial charge in [0.05, 0.1) is 15.9 Å². The highest BCUT2D eigenvalue weighted by Gasteiger charge is 2.03. The van der Waals surface area contributed by atoms with Gasteiger partial charge in [0.15, 0.2) is 3.92 Å². The summed E-state index contributed by atoms with van der Waals surface area (Å²) in [5, 5.41) is 4.18.